The minimum atomic E-state index is 0.0149. The van der Waals surface area contributed by atoms with Gasteiger partial charge in [-0.1, -0.05) is 29.8 Å². The molecule has 7 aliphatic rings. The molecule has 8 rings (SSSR count). The highest BCUT2D eigenvalue weighted by molar-refractivity contribution is 5.86. The van der Waals surface area contributed by atoms with Crippen molar-refractivity contribution in [3.8, 4) is 0 Å². The van der Waals surface area contributed by atoms with E-state index in [1.165, 1.54) is 75.7 Å². The SMILES string of the molecule is Cc1ccc(C23CC4CC(CC(C(=O)CC5CN6CCC5CC6)(C4)C2)C3)cc1. The van der Waals surface area contributed by atoms with Gasteiger partial charge < -0.3 is 4.90 Å². The predicted molar refractivity (Wildman–Crippen MR) is 112 cm³/mol. The first-order valence-electron chi connectivity index (χ1n) is 11.9. The molecule has 7 fully saturated rings. The lowest BCUT2D eigenvalue weighted by Gasteiger charge is -2.62. The fraction of sp³-hybridized carbons (Fsp3) is 0.731. The molecule has 3 atom stereocenters. The number of nitrogens with zero attached hydrogens (tertiary/aromatic N) is 1. The van der Waals surface area contributed by atoms with E-state index in [1.54, 1.807) is 0 Å². The van der Waals surface area contributed by atoms with E-state index >= 15 is 0 Å². The molecule has 6 bridgehead atoms. The third kappa shape index (κ3) is 2.66. The van der Waals surface area contributed by atoms with Crippen molar-refractivity contribution in [1.82, 2.24) is 4.90 Å². The molecular formula is C26H35NO. The molecule has 28 heavy (non-hydrogen) atoms. The summed E-state index contributed by atoms with van der Waals surface area (Å²) in [5.74, 6) is 3.72. The molecule has 1 aromatic rings. The number of fused-ring (bicyclic) bond motifs is 3. The number of carbonyl (C=O) groups is 1. The number of rotatable bonds is 4. The van der Waals surface area contributed by atoms with Gasteiger partial charge in [-0.2, -0.15) is 0 Å². The summed E-state index contributed by atoms with van der Waals surface area (Å²) in [4.78, 5) is 16.5. The highest BCUT2D eigenvalue weighted by Gasteiger charge is 2.60. The molecule has 3 saturated heterocycles. The quantitative estimate of drug-likeness (QED) is 0.724. The zero-order chi connectivity index (χ0) is 18.9. The minimum absolute atomic E-state index is 0.0149. The molecule has 2 heteroatoms. The van der Waals surface area contributed by atoms with Gasteiger partial charge in [0.2, 0.25) is 0 Å². The third-order valence-corrected chi connectivity index (χ3v) is 9.56. The van der Waals surface area contributed by atoms with Crippen LogP contribution in [0, 0.1) is 36.0 Å². The maximum Gasteiger partial charge on any atom is 0.139 e. The number of ketones is 1. The summed E-state index contributed by atoms with van der Waals surface area (Å²) in [7, 11) is 0. The van der Waals surface area contributed by atoms with Crippen molar-refractivity contribution < 1.29 is 4.79 Å². The van der Waals surface area contributed by atoms with Gasteiger partial charge in [0.15, 0.2) is 0 Å². The fourth-order valence-electron chi connectivity index (χ4n) is 8.61. The zero-order valence-corrected chi connectivity index (χ0v) is 17.5. The van der Waals surface area contributed by atoms with Gasteiger partial charge in [0.25, 0.3) is 0 Å². The Bertz CT molecular complexity index is 758. The monoisotopic (exact) mass is 377 g/mol. The van der Waals surface area contributed by atoms with Gasteiger partial charge in [-0.3, -0.25) is 4.79 Å². The number of hydrogen-bond acceptors (Lipinski definition) is 2. The maximum atomic E-state index is 13.9. The number of aryl methyl sites for hydroxylation is 1. The molecule has 0 radical (unpaired) electrons. The molecule has 1 aromatic carbocycles. The highest BCUT2D eigenvalue weighted by atomic mass is 16.1. The van der Waals surface area contributed by atoms with Crippen LogP contribution < -0.4 is 0 Å². The zero-order valence-electron chi connectivity index (χ0n) is 17.5. The number of benzene rings is 1. The largest absolute Gasteiger partial charge is 0.303 e. The molecule has 3 heterocycles. The van der Waals surface area contributed by atoms with Crippen molar-refractivity contribution in [2.24, 2.45) is 29.1 Å². The van der Waals surface area contributed by atoms with Gasteiger partial charge in [-0.15, -0.1) is 0 Å². The molecule has 4 aliphatic carbocycles. The molecule has 0 amide bonds. The lowest BCUT2D eigenvalue weighted by atomic mass is 9.41. The average Bonchev–Trinajstić information content (AvgIpc) is 2.68. The van der Waals surface area contributed by atoms with Crippen molar-refractivity contribution in [2.75, 3.05) is 19.6 Å². The van der Waals surface area contributed by atoms with Crippen LogP contribution in [0.4, 0.5) is 0 Å². The summed E-state index contributed by atoms with van der Waals surface area (Å²) in [5, 5.41) is 0. The number of carbonyl (C=O) groups excluding carboxylic acids is 1. The summed E-state index contributed by atoms with van der Waals surface area (Å²) >= 11 is 0. The molecule has 3 aliphatic heterocycles. The van der Waals surface area contributed by atoms with E-state index < -0.39 is 0 Å². The summed E-state index contributed by atoms with van der Waals surface area (Å²) in [6.07, 6.45) is 11.2. The first-order chi connectivity index (χ1) is 13.5. The Morgan fingerprint density at radius 3 is 2.32 bits per heavy atom. The van der Waals surface area contributed by atoms with Crippen LogP contribution in [0.2, 0.25) is 0 Å². The average molecular weight is 378 g/mol. The van der Waals surface area contributed by atoms with Gasteiger partial charge in [0.1, 0.15) is 5.78 Å². The second-order valence-corrected chi connectivity index (χ2v) is 11.4. The van der Waals surface area contributed by atoms with Crippen molar-refractivity contribution in [3.05, 3.63) is 35.4 Å². The van der Waals surface area contributed by atoms with Gasteiger partial charge in [-0.25, -0.2) is 0 Å². The Labute approximate surface area is 170 Å². The number of Topliss-reactive ketones (excluding diaryl/α,β-unsaturated/α-hetero) is 1. The van der Waals surface area contributed by atoms with Crippen LogP contribution in [-0.4, -0.2) is 30.3 Å². The Hall–Kier alpha value is -1.15. The smallest absolute Gasteiger partial charge is 0.139 e. The summed E-state index contributed by atoms with van der Waals surface area (Å²) in [5.41, 5.74) is 3.19. The first kappa shape index (κ1) is 17.7. The van der Waals surface area contributed by atoms with E-state index in [0.717, 1.165) is 30.6 Å². The summed E-state index contributed by atoms with van der Waals surface area (Å²) in [6.45, 7) is 5.94. The molecule has 0 spiro atoms. The standard InChI is InChI=1S/C26H35NO/c1-18-2-4-23(5-3-18)25-12-19-10-20(13-25)15-26(14-19,17-25)24(28)11-22-16-27-8-6-21(22)7-9-27/h2-5,19-22H,6-17H2,1H3. The van der Waals surface area contributed by atoms with Gasteiger partial charge >= 0.3 is 0 Å². The van der Waals surface area contributed by atoms with Gasteiger partial charge in [-0.05, 0) is 106 Å². The van der Waals surface area contributed by atoms with Crippen molar-refractivity contribution >= 4 is 5.78 Å². The molecule has 0 aromatic heterocycles. The Kier molecular flexibility index (Phi) is 3.90. The van der Waals surface area contributed by atoms with Crippen LogP contribution in [0.5, 0.6) is 0 Å². The second kappa shape index (κ2) is 6.17. The van der Waals surface area contributed by atoms with E-state index in [0.29, 0.717) is 17.1 Å². The van der Waals surface area contributed by atoms with Crippen LogP contribution in [0.25, 0.3) is 0 Å². The van der Waals surface area contributed by atoms with Crippen molar-refractivity contribution in [2.45, 2.75) is 70.1 Å². The highest BCUT2D eigenvalue weighted by Crippen LogP contribution is 2.66. The van der Waals surface area contributed by atoms with Gasteiger partial charge in [0.05, 0.1) is 0 Å². The summed E-state index contributed by atoms with van der Waals surface area (Å²) in [6, 6.07) is 9.34. The van der Waals surface area contributed by atoms with Crippen LogP contribution in [0.3, 0.4) is 0 Å². The van der Waals surface area contributed by atoms with E-state index in [1.807, 2.05) is 0 Å². The van der Waals surface area contributed by atoms with Crippen LogP contribution >= 0.6 is 0 Å². The molecule has 150 valence electrons. The third-order valence-electron chi connectivity index (χ3n) is 9.56. The van der Waals surface area contributed by atoms with Crippen molar-refractivity contribution in [3.63, 3.8) is 0 Å². The summed E-state index contributed by atoms with van der Waals surface area (Å²) < 4.78 is 0. The molecule has 2 nitrogen and oxygen atoms in total. The van der Waals surface area contributed by atoms with Crippen LogP contribution in [-0.2, 0) is 10.2 Å². The van der Waals surface area contributed by atoms with Crippen LogP contribution in [0.15, 0.2) is 24.3 Å². The maximum absolute atomic E-state index is 13.9. The normalized spacial score (nSPS) is 46.1. The first-order valence-corrected chi connectivity index (χ1v) is 11.9. The molecule has 0 N–H and O–H groups in total. The Morgan fingerprint density at radius 2 is 1.71 bits per heavy atom. The lowest BCUT2D eigenvalue weighted by Crippen LogP contribution is -2.57. The lowest BCUT2D eigenvalue weighted by molar-refractivity contribution is -0.149. The minimum Gasteiger partial charge on any atom is -0.303 e. The Morgan fingerprint density at radius 1 is 1.04 bits per heavy atom. The number of hydrogen-bond donors (Lipinski definition) is 0. The molecule has 3 unspecified atom stereocenters. The molecular weight excluding hydrogens is 342 g/mol. The van der Waals surface area contributed by atoms with Crippen LogP contribution in [0.1, 0.15) is 68.9 Å². The van der Waals surface area contributed by atoms with E-state index in [2.05, 4.69) is 36.1 Å². The van der Waals surface area contributed by atoms with E-state index in [4.69, 9.17) is 0 Å². The van der Waals surface area contributed by atoms with Gasteiger partial charge in [0, 0.05) is 18.4 Å². The van der Waals surface area contributed by atoms with Crippen molar-refractivity contribution in [1.29, 1.82) is 0 Å². The predicted octanol–water partition coefficient (Wildman–Crippen LogP) is 5.13. The topological polar surface area (TPSA) is 20.3 Å². The Balaban J connectivity index is 1.28. The number of piperidine rings is 3. The fourth-order valence-corrected chi connectivity index (χ4v) is 8.61. The second-order valence-electron chi connectivity index (χ2n) is 11.4. The molecule has 4 saturated carbocycles. The van der Waals surface area contributed by atoms with E-state index in [9.17, 15) is 4.79 Å². The van der Waals surface area contributed by atoms with E-state index in [-0.39, 0.29) is 5.41 Å².